The van der Waals surface area contributed by atoms with Gasteiger partial charge in [-0.05, 0) is 37.1 Å². The number of nitriles is 1. The van der Waals surface area contributed by atoms with Crippen molar-refractivity contribution in [1.82, 2.24) is 4.98 Å². The number of pyridine rings is 1. The summed E-state index contributed by atoms with van der Waals surface area (Å²) in [5.41, 5.74) is 0.941. The van der Waals surface area contributed by atoms with Crippen LogP contribution in [0, 0.1) is 11.3 Å². The van der Waals surface area contributed by atoms with Crippen molar-refractivity contribution in [2.24, 2.45) is 0 Å². The van der Waals surface area contributed by atoms with Crippen molar-refractivity contribution in [2.45, 2.75) is 25.3 Å². The van der Waals surface area contributed by atoms with E-state index < -0.39 is 5.97 Å². The Morgan fingerprint density at radius 3 is 2.86 bits per heavy atom. The normalized spacial score (nSPS) is 13.9. The number of aromatic nitrogens is 1. The summed E-state index contributed by atoms with van der Waals surface area (Å²) in [7, 11) is 0. The lowest BCUT2D eigenvalue weighted by molar-refractivity contribution is 0.0699. The van der Waals surface area contributed by atoms with Gasteiger partial charge in [-0.25, -0.2) is 9.78 Å². The third-order valence-corrected chi connectivity index (χ3v) is 3.69. The van der Waals surface area contributed by atoms with Crippen LogP contribution in [-0.4, -0.2) is 28.6 Å². The lowest BCUT2D eigenvalue weighted by Gasteiger charge is -2.22. The van der Waals surface area contributed by atoms with E-state index in [4.69, 9.17) is 5.26 Å². The number of fused-ring (bicyclic) bond motifs is 1. The molecule has 1 aromatic heterocycles. The first-order valence-electron chi connectivity index (χ1n) is 6.97. The molecular formula is C16H15N3O2. The first kappa shape index (κ1) is 13.4. The average Bonchev–Trinajstić information content (AvgIpc) is 3.31. The van der Waals surface area contributed by atoms with E-state index in [9.17, 15) is 9.90 Å². The topological polar surface area (TPSA) is 77.2 Å². The molecule has 0 bridgehead atoms. The van der Waals surface area contributed by atoms with Crippen LogP contribution in [0.15, 0.2) is 30.3 Å². The van der Waals surface area contributed by atoms with Crippen molar-refractivity contribution in [3.05, 3.63) is 35.9 Å². The smallest absolute Gasteiger partial charge is 0.336 e. The highest BCUT2D eigenvalue weighted by atomic mass is 16.4. The van der Waals surface area contributed by atoms with Gasteiger partial charge in [-0.3, -0.25) is 0 Å². The molecular weight excluding hydrogens is 266 g/mol. The molecule has 0 aliphatic heterocycles. The Labute approximate surface area is 122 Å². The monoisotopic (exact) mass is 281 g/mol. The Morgan fingerprint density at radius 2 is 2.19 bits per heavy atom. The van der Waals surface area contributed by atoms with Crippen LogP contribution in [-0.2, 0) is 0 Å². The maximum Gasteiger partial charge on any atom is 0.336 e. The SMILES string of the molecule is N#CCCN(c1ccc2c(C(=O)O)cccc2n1)C1CC1. The van der Waals surface area contributed by atoms with E-state index in [1.54, 1.807) is 12.1 Å². The summed E-state index contributed by atoms with van der Waals surface area (Å²) in [6.45, 7) is 0.665. The highest BCUT2D eigenvalue weighted by Gasteiger charge is 2.29. The van der Waals surface area contributed by atoms with Gasteiger partial charge in [0.1, 0.15) is 5.82 Å². The largest absolute Gasteiger partial charge is 0.478 e. The van der Waals surface area contributed by atoms with Gasteiger partial charge in [0, 0.05) is 18.0 Å². The van der Waals surface area contributed by atoms with Crippen LogP contribution in [0.1, 0.15) is 29.6 Å². The maximum atomic E-state index is 11.2. The summed E-state index contributed by atoms with van der Waals surface area (Å²) >= 11 is 0. The Morgan fingerprint density at radius 1 is 1.38 bits per heavy atom. The van der Waals surface area contributed by atoms with E-state index >= 15 is 0 Å². The van der Waals surface area contributed by atoms with Crippen molar-refractivity contribution in [3.63, 3.8) is 0 Å². The molecule has 0 atom stereocenters. The van der Waals surface area contributed by atoms with E-state index in [1.165, 1.54) is 0 Å². The molecule has 5 nitrogen and oxygen atoms in total. The first-order chi connectivity index (χ1) is 10.2. The van der Waals surface area contributed by atoms with E-state index in [0.717, 1.165) is 18.7 Å². The summed E-state index contributed by atoms with van der Waals surface area (Å²) in [5.74, 6) is -0.124. The number of carboxylic acids is 1. The third-order valence-electron chi connectivity index (χ3n) is 3.69. The van der Waals surface area contributed by atoms with Gasteiger partial charge in [-0.2, -0.15) is 5.26 Å². The molecule has 5 heteroatoms. The van der Waals surface area contributed by atoms with Gasteiger partial charge in [0.15, 0.2) is 0 Å². The van der Waals surface area contributed by atoms with Crippen molar-refractivity contribution in [3.8, 4) is 6.07 Å². The molecule has 0 saturated heterocycles. The van der Waals surface area contributed by atoms with Gasteiger partial charge in [0.2, 0.25) is 0 Å². The molecule has 1 saturated carbocycles. The van der Waals surface area contributed by atoms with Crippen molar-refractivity contribution in [1.29, 1.82) is 5.26 Å². The molecule has 0 radical (unpaired) electrons. The van der Waals surface area contributed by atoms with Crippen LogP contribution in [0.2, 0.25) is 0 Å². The zero-order chi connectivity index (χ0) is 14.8. The minimum Gasteiger partial charge on any atom is -0.478 e. The standard InChI is InChI=1S/C16H15N3O2/c17-9-2-10-19(11-5-6-11)15-8-7-12-13(16(20)21)3-1-4-14(12)18-15/h1,3-4,7-8,11H,2,5-6,10H2,(H,20,21). The summed E-state index contributed by atoms with van der Waals surface area (Å²) in [6.07, 6.45) is 2.71. The van der Waals surface area contributed by atoms with Crippen molar-refractivity contribution >= 4 is 22.7 Å². The number of rotatable bonds is 5. The van der Waals surface area contributed by atoms with Gasteiger partial charge >= 0.3 is 5.97 Å². The lowest BCUT2D eigenvalue weighted by Crippen LogP contribution is -2.27. The predicted molar refractivity (Wildman–Crippen MR) is 79.3 cm³/mol. The lowest BCUT2D eigenvalue weighted by atomic mass is 10.1. The Balaban J connectivity index is 2.00. The molecule has 1 fully saturated rings. The second kappa shape index (κ2) is 5.41. The number of benzene rings is 1. The molecule has 3 rings (SSSR count). The van der Waals surface area contributed by atoms with Crippen LogP contribution in [0.5, 0.6) is 0 Å². The average molecular weight is 281 g/mol. The summed E-state index contributed by atoms with van der Waals surface area (Å²) in [6, 6.07) is 11.4. The fraction of sp³-hybridized carbons (Fsp3) is 0.312. The molecule has 1 aliphatic carbocycles. The Kier molecular flexibility index (Phi) is 3.44. The van der Waals surface area contributed by atoms with Gasteiger partial charge < -0.3 is 10.0 Å². The third kappa shape index (κ3) is 2.65. The molecule has 1 aromatic carbocycles. The van der Waals surface area contributed by atoms with E-state index in [1.807, 2.05) is 18.2 Å². The van der Waals surface area contributed by atoms with Gasteiger partial charge in [-0.1, -0.05) is 6.07 Å². The summed E-state index contributed by atoms with van der Waals surface area (Å²) in [4.78, 5) is 18.0. The highest BCUT2D eigenvalue weighted by molar-refractivity contribution is 6.02. The molecule has 21 heavy (non-hydrogen) atoms. The van der Waals surface area contributed by atoms with Crippen LogP contribution in [0.3, 0.4) is 0 Å². The van der Waals surface area contributed by atoms with Gasteiger partial charge in [0.05, 0.1) is 23.6 Å². The fourth-order valence-corrected chi connectivity index (χ4v) is 2.53. The second-order valence-corrected chi connectivity index (χ2v) is 5.18. The minimum absolute atomic E-state index is 0.265. The van der Waals surface area contributed by atoms with Crippen molar-refractivity contribution < 1.29 is 9.90 Å². The Bertz CT molecular complexity index is 732. The van der Waals surface area contributed by atoms with Gasteiger partial charge in [-0.15, -0.1) is 0 Å². The molecule has 1 N–H and O–H groups in total. The minimum atomic E-state index is -0.946. The van der Waals surface area contributed by atoms with Gasteiger partial charge in [0.25, 0.3) is 0 Å². The Hall–Kier alpha value is -2.61. The van der Waals surface area contributed by atoms with E-state index in [0.29, 0.717) is 29.9 Å². The number of aromatic carboxylic acids is 1. The molecule has 0 amide bonds. The van der Waals surface area contributed by atoms with Crippen LogP contribution in [0.25, 0.3) is 10.9 Å². The summed E-state index contributed by atoms with van der Waals surface area (Å²) in [5, 5.41) is 18.6. The predicted octanol–water partition coefficient (Wildman–Crippen LogP) is 2.82. The molecule has 2 aromatic rings. The first-order valence-corrected chi connectivity index (χ1v) is 6.97. The zero-order valence-corrected chi connectivity index (χ0v) is 11.5. The van der Waals surface area contributed by atoms with E-state index in [2.05, 4.69) is 16.0 Å². The molecule has 1 heterocycles. The number of carboxylic acid groups (broad SMARTS) is 1. The van der Waals surface area contributed by atoms with Crippen LogP contribution < -0.4 is 4.90 Å². The number of nitrogens with zero attached hydrogens (tertiary/aromatic N) is 3. The molecule has 0 spiro atoms. The molecule has 0 unspecified atom stereocenters. The molecule has 1 aliphatic rings. The second-order valence-electron chi connectivity index (χ2n) is 5.18. The van der Waals surface area contributed by atoms with Crippen LogP contribution in [0.4, 0.5) is 5.82 Å². The fourth-order valence-electron chi connectivity index (χ4n) is 2.53. The number of carbonyl (C=O) groups is 1. The highest BCUT2D eigenvalue weighted by Crippen LogP contribution is 2.32. The van der Waals surface area contributed by atoms with Crippen molar-refractivity contribution in [2.75, 3.05) is 11.4 Å². The van der Waals surface area contributed by atoms with E-state index in [-0.39, 0.29) is 5.56 Å². The molecule has 106 valence electrons. The number of anilines is 1. The quantitative estimate of drug-likeness (QED) is 0.911. The zero-order valence-electron chi connectivity index (χ0n) is 11.5. The maximum absolute atomic E-state index is 11.2. The summed E-state index contributed by atoms with van der Waals surface area (Å²) < 4.78 is 0. The number of hydrogen-bond donors (Lipinski definition) is 1. The van der Waals surface area contributed by atoms with Crippen LogP contribution >= 0.6 is 0 Å². The number of hydrogen-bond acceptors (Lipinski definition) is 4.